The molecule has 110 valence electrons. The molecule has 0 N–H and O–H groups in total. The van der Waals surface area contributed by atoms with Gasteiger partial charge in [0.25, 0.3) is 5.91 Å². The van der Waals surface area contributed by atoms with Crippen molar-refractivity contribution in [3.8, 4) is 11.5 Å². The van der Waals surface area contributed by atoms with Gasteiger partial charge in [-0.15, -0.1) is 0 Å². The highest BCUT2D eigenvalue weighted by Crippen LogP contribution is 2.25. The second kappa shape index (κ2) is 7.37. The van der Waals surface area contributed by atoms with Crippen LogP contribution in [0.3, 0.4) is 0 Å². The van der Waals surface area contributed by atoms with E-state index < -0.39 is 0 Å². The quantitative estimate of drug-likeness (QED) is 0.736. The zero-order valence-corrected chi connectivity index (χ0v) is 12.1. The summed E-state index contributed by atoms with van der Waals surface area (Å²) in [4.78, 5) is 24.8. The Labute approximate surface area is 118 Å². The molecular formula is C14H19NO5. The zero-order valence-electron chi connectivity index (χ0n) is 12.1. The first-order chi connectivity index (χ1) is 9.53. The zero-order chi connectivity index (χ0) is 15.1. The molecule has 1 amide bonds. The van der Waals surface area contributed by atoms with Crippen LogP contribution in [0.4, 0.5) is 0 Å². The Bertz CT molecular complexity index is 486. The molecule has 0 aliphatic heterocycles. The number of esters is 1. The summed E-state index contributed by atoms with van der Waals surface area (Å²) >= 11 is 0. The number of amides is 1. The Morgan fingerprint density at radius 3 is 2.40 bits per heavy atom. The Morgan fingerprint density at radius 2 is 1.85 bits per heavy atom. The van der Waals surface area contributed by atoms with Gasteiger partial charge in [0.05, 0.1) is 33.3 Å². The molecular weight excluding hydrogens is 262 g/mol. The molecule has 0 saturated carbocycles. The minimum Gasteiger partial charge on any atom is -0.497 e. The van der Waals surface area contributed by atoms with E-state index in [1.807, 2.05) is 0 Å². The van der Waals surface area contributed by atoms with Crippen LogP contribution in [0.5, 0.6) is 11.5 Å². The van der Waals surface area contributed by atoms with Crippen molar-refractivity contribution in [1.82, 2.24) is 4.90 Å². The van der Waals surface area contributed by atoms with Gasteiger partial charge >= 0.3 is 5.97 Å². The number of hydrogen-bond acceptors (Lipinski definition) is 5. The van der Waals surface area contributed by atoms with E-state index in [1.54, 1.807) is 32.4 Å². The van der Waals surface area contributed by atoms with E-state index in [1.165, 1.54) is 19.1 Å². The molecule has 0 aromatic heterocycles. The van der Waals surface area contributed by atoms with Gasteiger partial charge < -0.3 is 19.1 Å². The van der Waals surface area contributed by atoms with Crippen LogP contribution in [0.1, 0.15) is 16.8 Å². The third-order valence-electron chi connectivity index (χ3n) is 2.86. The molecule has 0 heterocycles. The van der Waals surface area contributed by atoms with E-state index in [0.29, 0.717) is 17.1 Å². The molecule has 0 bridgehead atoms. The number of benzene rings is 1. The average Bonchev–Trinajstić information content (AvgIpc) is 2.50. The van der Waals surface area contributed by atoms with Crippen LogP contribution in [0.2, 0.25) is 0 Å². The molecule has 0 unspecified atom stereocenters. The van der Waals surface area contributed by atoms with Gasteiger partial charge in [-0.3, -0.25) is 9.59 Å². The van der Waals surface area contributed by atoms with Crippen LogP contribution >= 0.6 is 0 Å². The first kappa shape index (κ1) is 15.8. The van der Waals surface area contributed by atoms with Crippen LogP contribution in [0, 0.1) is 0 Å². The van der Waals surface area contributed by atoms with Gasteiger partial charge in [-0.25, -0.2) is 0 Å². The largest absolute Gasteiger partial charge is 0.497 e. The molecule has 6 nitrogen and oxygen atoms in total. The number of rotatable bonds is 6. The molecule has 20 heavy (non-hydrogen) atoms. The van der Waals surface area contributed by atoms with Crippen LogP contribution in [0.15, 0.2) is 18.2 Å². The van der Waals surface area contributed by atoms with Crippen LogP contribution in [0.25, 0.3) is 0 Å². The molecule has 1 aromatic rings. The highest BCUT2D eigenvalue weighted by Gasteiger charge is 2.18. The van der Waals surface area contributed by atoms with Crippen LogP contribution in [-0.2, 0) is 9.53 Å². The molecule has 0 atom stereocenters. The molecule has 1 aromatic carbocycles. The molecule has 6 heteroatoms. The monoisotopic (exact) mass is 281 g/mol. The maximum atomic E-state index is 12.3. The van der Waals surface area contributed by atoms with E-state index in [0.717, 1.165) is 0 Å². The molecule has 0 aliphatic rings. The van der Waals surface area contributed by atoms with Gasteiger partial charge in [-0.2, -0.15) is 0 Å². The normalized spacial score (nSPS) is 9.80. The number of carbonyl (C=O) groups excluding carboxylic acids is 2. The average molecular weight is 281 g/mol. The highest BCUT2D eigenvalue weighted by atomic mass is 16.5. The summed E-state index contributed by atoms with van der Waals surface area (Å²) in [6, 6.07) is 4.96. The Balaban J connectivity index is 2.83. The van der Waals surface area contributed by atoms with Gasteiger partial charge in [0, 0.05) is 19.7 Å². The molecule has 1 rings (SSSR count). The molecule has 0 spiro atoms. The fourth-order valence-electron chi connectivity index (χ4n) is 1.64. The molecule has 0 aliphatic carbocycles. The smallest absolute Gasteiger partial charge is 0.307 e. The SMILES string of the molecule is COC(=O)CCN(C)C(=O)c1ccc(OC)cc1OC. The summed E-state index contributed by atoms with van der Waals surface area (Å²) < 4.78 is 14.8. The first-order valence-electron chi connectivity index (χ1n) is 6.07. The van der Waals surface area contributed by atoms with Crippen molar-refractivity contribution in [3.63, 3.8) is 0 Å². The summed E-state index contributed by atoms with van der Waals surface area (Å²) in [5, 5.41) is 0. The van der Waals surface area contributed by atoms with Crippen molar-refractivity contribution in [3.05, 3.63) is 23.8 Å². The summed E-state index contributed by atoms with van der Waals surface area (Å²) in [7, 11) is 5.96. The van der Waals surface area contributed by atoms with Crippen molar-refractivity contribution >= 4 is 11.9 Å². The lowest BCUT2D eigenvalue weighted by Gasteiger charge is -2.18. The fourth-order valence-corrected chi connectivity index (χ4v) is 1.64. The number of hydrogen-bond donors (Lipinski definition) is 0. The van der Waals surface area contributed by atoms with Crippen molar-refractivity contribution in [2.24, 2.45) is 0 Å². The van der Waals surface area contributed by atoms with Gasteiger partial charge in [0.15, 0.2) is 0 Å². The van der Waals surface area contributed by atoms with E-state index in [4.69, 9.17) is 9.47 Å². The maximum absolute atomic E-state index is 12.3. The van der Waals surface area contributed by atoms with E-state index in [9.17, 15) is 9.59 Å². The number of methoxy groups -OCH3 is 3. The Hall–Kier alpha value is -2.24. The summed E-state index contributed by atoms with van der Waals surface area (Å²) in [6.45, 7) is 0.278. The lowest BCUT2D eigenvalue weighted by atomic mass is 10.1. The summed E-state index contributed by atoms with van der Waals surface area (Å²) in [6.07, 6.45) is 0.150. The van der Waals surface area contributed by atoms with Crippen molar-refractivity contribution in [2.75, 3.05) is 34.9 Å². The van der Waals surface area contributed by atoms with Crippen molar-refractivity contribution in [1.29, 1.82) is 0 Å². The van der Waals surface area contributed by atoms with Crippen LogP contribution < -0.4 is 9.47 Å². The highest BCUT2D eigenvalue weighted by molar-refractivity contribution is 5.97. The lowest BCUT2D eigenvalue weighted by molar-refractivity contribution is -0.140. The molecule has 0 saturated heterocycles. The lowest BCUT2D eigenvalue weighted by Crippen LogP contribution is -2.29. The second-order valence-corrected chi connectivity index (χ2v) is 4.12. The standard InChI is InChI=1S/C14H19NO5/c1-15(8-7-13(16)20-4)14(17)11-6-5-10(18-2)9-12(11)19-3/h5-6,9H,7-8H2,1-4H3. The summed E-state index contributed by atoms with van der Waals surface area (Å²) in [5.41, 5.74) is 0.417. The minimum atomic E-state index is -0.355. The van der Waals surface area contributed by atoms with Gasteiger partial charge in [0.2, 0.25) is 0 Å². The minimum absolute atomic E-state index is 0.150. The number of ether oxygens (including phenoxy) is 3. The number of nitrogens with zero attached hydrogens (tertiary/aromatic N) is 1. The summed E-state index contributed by atoms with van der Waals surface area (Å²) in [5.74, 6) is 0.453. The maximum Gasteiger partial charge on any atom is 0.307 e. The van der Waals surface area contributed by atoms with Crippen molar-refractivity contribution < 1.29 is 23.8 Å². The van der Waals surface area contributed by atoms with E-state index in [-0.39, 0.29) is 24.8 Å². The fraction of sp³-hybridized carbons (Fsp3) is 0.429. The molecule has 0 fully saturated rings. The first-order valence-corrected chi connectivity index (χ1v) is 6.07. The predicted molar refractivity (Wildman–Crippen MR) is 73.1 cm³/mol. The van der Waals surface area contributed by atoms with Crippen LogP contribution in [-0.4, -0.2) is 51.7 Å². The predicted octanol–water partition coefficient (Wildman–Crippen LogP) is 1.34. The third-order valence-corrected chi connectivity index (χ3v) is 2.86. The van der Waals surface area contributed by atoms with Crippen molar-refractivity contribution in [2.45, 2.75) is 6.42 Å². The topological polar surface area (TPSA) is 65.1 Å². The Kier molecular flexibility index (Phi) is 5.83. The van der Waals surface area contributed by atoms with Gasteiger partial charge in [-0.05, 0) is 12.1 Å². The van der Waals surface area contributed by atoms with Gasteiger partial charge in [-0.1, -0.05) is 0 Å². The van der Waals surface area contributed by atoms with E-state index in [2.05, 4.69) is 4.74 Å². The Morgan fingerprint density at radius 1 is 1.15 bits per heavy atom. The van der Waals surface area contributed by atoms with E-state index >= 15 is 0 Å². The number of carbonyl (C=O) groups is 2. The second-order valence-electron chi connectivity index (χ2n) is 4.12. The molecule has 0 radical (unpaired) electrons. The third kappa shape index (κ3) is 3.88. The van der Waals surface area contributed by atoms with Gasteiger partial charge in [0.1, 0.15) is 11.5 Å².